The van der Waals surface area contributed by atoms with Crippen molar-refractivity contribution in [2.45, 2.75) is 32.1 Å². The highest BCUT2D eigenvalue weighted by Gasteiger charge is 2.45. The molecule has 0 atom stereocenters. The van der Waals surface area contributed by atoms with E-state index < -0.39 is 29.2 Å². The van der Waals surface area contributed by atoms with Gasteiger partial charge in [0, 0.05) is 17.2 Å². The third kappa shape index (κ3) is 3.54. The van der Waals surface area contributed by atoms with Crippen LogP contribution in [0.5, 0.6) is 0 Å². The average molecular weight is 377 g/mol. The van der Waals surface area contributed by atoms with Crippen LogP contribution >= 0.6 is 0 Å². The molecule has 1 heterocycles. The second-order valence-corrected chi connectivity index (χ2v) is 6.38. The molecule has 1 saturated carbocycles. The summed E-state index contributed by atoms with van der Waals surface area (Å²) >= 11 is 0. The van der Waals surface area contributed by atoms with Crippen molar-refractivity contribution in [2.24, 2.45) is 5.41 Å². The van der Waals surface area contributed by atoms with Crippen LogP contribution in [0.4, 0.5) is 32.0 Å². The third-order valence-electron chi connectivity index (χ3n) is 4.21. The Hall–Kier alpha value is -2.52. The van der Waals surface area contributed by atoms with Crippen LogP contribution in [-0.4, -0.2) is 15.7 Å². The number of carbonyl (C=O) groups excluding carboxylic acids is 1. The molecule has 3 rings (SSSR count). The Kier molecular flexibility index (Phi) is 4.04. The van der Waals surface area contributed by atoms with E-state index in [1.54, 1.807) is 6.92 Å². The van der Waals surface area contributed by atoms with Crippen LogP contribution in [0, 0.1) is 5.41 Å². The Morgan fingerprint density at radius 3 is 2.12 bits per heavy atom. The minimum Gasteiger partial charge on any atom is -0.326 e. The zero-order valence-corrected chi connectivity index (χ0v) is 13.4. The third-order valence-corrected chi connectivity index (χ3v) is 4.21. The van der Waals surface area contributed by atoms with E-state index in [1.165, 1.54) is 12.1 Å². The number of nitrogens with zero attached hydrogens (tertiary/aromatic N) is 2. The molecule has 1 amide bonds. The SMILES string of the molecule is CC1(C(=O)Nc2ccc(-n3nc(C(F)(F)F)cc3C(F)(F)F)cc2)CC1. The first kappa shape index (κ1) is 18.3. The molecule has 4 nitrogen and oxygen atoms in total. The lowest BCUT2D eigenvalue weighted by Crippen LogP contribution is -2.21. The molecule has 1 aliphatic carbocycles. The van der Waals surface area contributed by atoms with E-state index in [2.05, 4.69) is 10.4 Å². The monoisotopic (exact) mass is 377 g/mol. The van der Waals surface area contributed by atoms with Crippen LogP contribution in [0.15, 0.2) is 30.3 Å². The van der Waals surface area contributed by atoms with E-state index in [1.807, 2.05) is 0 Å². The maximum atomic E-state index is 13.0. The first-order valence-electron chi connectivity index (χ1n) is 7.56. The molecule has 2 aromatic rings. The molecule has 1 fully saturated rings. The Morgan fingerprint density at radius 2 is 1.65 bits per heavy atom. The first-order chi connectivity index (χ1) is 11.9. The second-order valence-electron chi connectivity index (χ2n) is 6.38. The smallest absolute Gasteiger partial charge is 0.326 e. The van der Waals surface area contributed by atoms with Crippen LogP contribution < -0.4 is 5.32 Å². The molecular weight excluding hydrogens is 364 g/mol. The van der Waals surface area contributed by atoms with Crippen LogP contribution in [0.2, 0.25) is 0 Å². The summed E-state index contributed by atoms with van der Waals surface area (Å²) in [7, 11) is 0. The quantitative estimate of drug-likeness (QED) is 0.792. The number of halogens is 6. The summed E-state index contributed by atoms with van der Waals surface area (Å²) in [4.78, 5) is 11.9. The number of nitrogens with one attached hydrogen (secondary N) is 1. The number of anilines is 1. The summed E-state index contributed by atoms with van der Waals surface area (Å²) < 4.78 is 77.5. The summed E-state index contributed by atoms with van der Waals surface area (Å²) in [5.41, 5.74) is -3.48. The fourth-order valence-corrected chi connectivity index (χ4v) is 2.30. The molecule has 26 heavy (non-hydrogen) atoms. The van der Waals surface area contributed by atoms with Crippen molar-refractivity contribution in [1.29, 1.82) is 0 Å². The zero-order chi connectivity index (χ0) is 19.3. The Morgan fingerprint density at radius 1 is 1.08 bits per heavy atom. The van der Waals surface area contributed by atoms with Gasteiger partial charge in [-0.3, -0.25) is 4.79 Å². The molecule has 0 aliphatic heterocycles. The van der Waals surface area contributed by atoms with Gasteiger partial charge >= 0.3 is 12.4 Å². The predicted octanol–water partition coefficient (Wildman–Crippen LogP) is 4.65. The number of hydrogen-bond acceptors (Lipinski definition) is 2. The summed E-state index contributed by atoms with van der Waals surface area (Å²) in [5, 5.41) is 5.67. The van der Waals surface area contributed by atoms with Gasteiger partial charge in [-0.1, -0.05) is 6.92 Å². The van der Waals surface area contributed by atoms with Crippen molar-refractivity contribution in [2.75, 3.05) is 5.32 Å². The van der Waals surface area contributed by atoms with Crippen molar-refractivity contribution in [1.82, 2.24) is 9.78 Å². The molecule has 0 bridgehead atoms. The van der Waals surface area contributed by atoms with Gasteiger partial charge in [-0.25, -0.2) is 4.68 Å². The van der Waals surface area contributed by atoms with E-state index in [9.17, 15) is 31.1 Å². The number of hydrogen-bond donors (Lipinski definition) is 1. The van der Waals surface area contributed by atoms with E-state index in [-0.39, 0.29) is 22.3 Å². The molecular formula is C16H13F6N3O. The maximum Gasteiger partial charge on any atom is 0.435 e. The molecule has 1 aromatic heterocycles. The first-order valence-corrected chi connectivity index (χ1v) is 7.56. The van der Waals surface area contributed by atoms with E-state index >= 15 is 0 Å². The van der Waals surface area contributed by atoms with Crippen molar-refractivity contribution < 1.29 is 31.1 Å². The Balaban J connectivity index is 1.91. The molecule has 1 N–H and O–H groups in total. The van der Waals surface area contributed by atoms with E-state index in [0.717, 1.165) is 25.0 Å². The van der Waals surface area contributed by atoms with E-state index in [4.69, 9.17) is 0 Å². The van der Waals surface area contributed by atoms with Gasteiger partial charge < -0.3 is 5.32 Å². The van der Waals surface area contributed by atoms with Crippen LogP contribution in [0.1, 0.15) is 31.2 Å². The number of carbonyl (C=O) groups is 1. The number of rotatable bonds is 3. The average Bonchev–Trinajstić information content (AvgIpc) is 3.10. The van der Waals surface area contributed by atoms with Crippen molar-refractivity contribution in [3.63, 3.8) is 0 Å². The molecule has 1 aromatic carbocycles. The zero-order valence-electron chi connectivity index (χ0n) is 13.4. The van der Waals surface area contributed by atoms with Crippen LogP contribution in [0.25, 0.3) is 5.69 Å². The number of amides is 1. The summed E-state index contributed by atoms with van der Waals surface area (Å²) in [6, 6.07) is 4.91. The second kappa shape index (κ2) is 5.75. The number of alkyl halides is 6. The lowest BCUT2D eigenvalue weighted by atomic mass is 10.1. The minimum absolute atomic E-state index is 0.0381. The Bertz CT molecular complexity index is 831. The molecule has 0 saturated heterocycles. The lowest BCUT2D eigenvalue weighted by molar-refractivity contribution is -0.143. The fourth-order valence-electron chi connectivity index (χ4n) is 2.30. The number of aromatic nitrogens is 2. The van der Waals surface area contributed by atoms with Gasteiger partial charge in [-0.15, -0.1) is 0 Å². The largest absolute Gasteiger partial charge is 0.435 e. The maximum absolute atomic E-state index is 13.0. The van der Waals surface area contributed by atoms with Gasteiger partial charge in [0.05, 0.1) is 5.69 Å². The Labute approximate surface area is 143 Å². The molecule has 10 heteroatoms. The lowest BCUT2D eigenvalue weighted by Gasteiger charge is -2.12. The van der Waals surface area contributed by atoms with Crippen molar-refractivity contribution >= 4 is 11.6 Å². The van der Waals surface area contributed by atoms with Gasteiger partial charge in [0.2, 0.25) is 5.91 Å². The van der Waals surface area contributed by atoms with Gasteiger partial charge in [-0.2, -0.15) is 31.4 Å². The standard InChI is InChI=1S/C16H13F6N3O/c1-14(6-7-14)13(26)23-9-2-4-10(5-3-9)25-12(16(20,21)22)8-11(24-25)15(17,18)19/h2-5,8H,6-7H2,1H3,(H,23,26). The van der Waals surface area contributed by atoms with Gasteiger partial charge in [0.15, 0.2) is 5.69 Å². The van der Waals surface area contributed by atoms with Gasteiger partial charge in [-0.05, 0) is 37.1 Å². The van der Waals surface area contributed by atoms with E-state index in [0.29, 0.717) is 5.69 Å². The normalized spacial score (nSPS) is 16.4. The highest BCUT2D eigenvalue weighted by molar-refractivity contribution is 5.96. The van der Waals surface area contributed by atoms with Crippen molar-refractivity contribution in [3.05, 3.63) is 41.7 Å². The summed E-state index contributed by atoms with van der Waals surface area (Å²) in [5.74, 6) is -0.209. The number of benzene rings is 1. The van der Waals surface area contributed by atoms with Crippen LogP contribution in [0.3, 0.4) is 0 Å². The van der Waals surface area contributed by atoms with Gasteiger partial charge in [0.25, 0.3) is 0 Å². The van der Waals surface area contributed by atoms with Crippen LogP contribution in [-0.2, 0) is 17.1 Å². The molecule has 140 valence electrons. The molecule has 0 radical (unpaired) electrons. The topological polar surface area (TPSA) is 46.9 Å². The molecule has 1 aliphatic rings. The summed E-state index contributed by atoms with van der Waals surface area (Å²) in [6.07, 6.45) is -8.51. The van der Waals surface area contributed by atoms with Crippen molar-refractivity contribution in [3.8, 4) is 5.69 Å². The minimum atomic E-state index is -5.01. The van der Waals surface area contributed by atoms with Gasteiger partial charge in [0.1, 0.15) is 5.69 Å². The fraction of sp³-hybridized carbons (Fsp3) is 0.375. The predicted molar refractivity (Wildman–Crippen MR) is 79.5 cm³/mol. The summed E-state index contributed by atoms with van der Waals surface area (Å²) in [6.45, 7) is 1.79. The molecule has 0 spiro atoms. The highest BCUT2D eigenvalue weighted by atomic mass is 19.4. The molecule has 0 unspecified atom stereocenters. The highest BCUT2D eigenvalue weighted by Crippen LogP contribution is 2.45.